The summed E-state index contributed by atoms with van der Waals surface area (Å²) in [5.74, 6) is -2.33. The van der Waals surface area contributed by atoms with E-state index in [4.69, 9.17) is 16.2 Å². The van der Waals surface area contributed by atoms with Gasteiger partial charge in [0.1, 0.15) is 5.84 Å². The van der Waals surface area contributed by atoms with Crippen molar-refractivity contribution in [3.05, 3.63) is 29.8 Å². The first-order valence-electron chi connectivity index (χ1n) is 7.57. The molecule has 1 rings (SSSR count). The summed E-state index contributed by atoms with van der Waals surface area (Å²) in [6.07, 6.45) is 0.393. The van der Waals surface area contributed by atoms with Crippen molar-refractivity contribution >= 4 is 29.3 Å². The maximum absolute atomic E-state index is 11.8. The molecule has 0 radical (unpaired) electrons. The molecule has 2 amide bonds. The van der Waals surface area contributed by atoms with E-state index in [-0.39, 0.29) is 37.0 Å². The van der Waals surface area contributed by atoms with E-state index in [2.05, 4.69) is 10.6 Å². The first-order valence-corrected chi connectivity index (χ1v) is 7.57. The molecule has 0 saturated carbocycles. The quantitative estimate of drug-likeness (QED) is 0.337. The number of nitrogen functional groups attached to an aromatic ring is 1. The summed E-state index contributed by atoms with van der Waals surface area (Å²) in [5, 5.41) is 21.3. The summed E-state index contributed by atoms with van der Waals surface area (Å²) in [7, 11) is 0. The van der Waals surface area contributed by atoms with Gasteiger partial charge < -0.3 is 21.5 Å². The molecule has 24 heavy (non-hydrogen) atoms. The summed E-state index contributed by atoms with van der Waals surface area (Å²) in [4.78, 5) is 34.3. The molecule has 0 fully saturated rings. The number of hydrogen-bond donors (Lipinski definition) is 5. The van der Waals surface area contributed by atoms with Crippen LogP contribution in [0.4, 0.5) is 5.69 Å². The van der Waals surface area contributed by atoms with Crippen molar-refractivity contribution in [3.8, 4) is 0 Å². The molecule has 0 aliphatic carbocycles. The zero-order chi connectivity index (χ0) is 18.1. The summed E-state index contributed by atoms with van der Waals surface area (Å²) in [6.45, 7) is 1.79. The van der Waals surface area contributed by atoms with E-state index in [0.717, 1.165) is 0 Å². The molecule has 1 atom stereocenters. The van der Waals surface area contributed by atoms with Crippen molar-refractivity contribution in [3.63, 3.8) is 0 Å². The fraction of sp³-hybridized carbons (Fsp3) is 0.375. The number of carboxylic acid groups (broad SMARTS) is 1. The highest BCUT2D eigenvalue weighted by molar-refractivity contribution is 5.96. The third-order valence-corrected chi connectivity index (χ3v) is 3.45. The Morgan fingerprint density at radius 1 is 1.17 bits per heavy atom. The predicted molar refractivity (Wildman–Crippen MR) is 89.7 cm³/mol. The maximum Gasteiger partial charge on any atom is 0.308 e. The van der Waals surface area contributed by atoms with Crippen molar-refractivity contribution in [1.82, 2.24) is 5.32 Å². The Balaban J connectivity index is 2.36. The van der Waals surface area contributed by atoms with Crippen molar-refractivity contribution in [2.45, 2.75) is 26.2 Å². The van der Waals surface area contributed by atoms with Crippen LogP contribution in [-0.4, -0.2) is 35.3 Å². The molecule has 1 unspecified atom stereocenters. The minimum absolute atomic E-state index is 0.00977. The number of hydrogen-bond acceptors (Lipinski definition) is 4. The smallest absolute Gasteiger partial charge is 0.308 e. The summed E-state index contributed by atoms with van der Waals surface area (Å²) in [5.41, 5.74) is 6.44. The average molecular weight is 334 g/mol. The number of carbonyl (C=O) groups is 3. The van der Waals surface area contributed by atoms with Crippen LogP contribution in [0.2, 0.25) is 0 Å². The van der Waals surface area contributed by atoms with Gasteiger partial charge in [-0.25, -0.2) is 0 Å². The van der Waals surface area contributed by atoms with Gasteiger partial charge in [0.15, 0.2) is 0 Å². The van der Waals surface area contributed by atoms with Crippen LogP contribution < -0.4 is 16.4 Å². The number of anilines is 1. The van der Waals surface area contributed by atoms with E-state index >= 15 is 0 Å². The van der Waals surface area contributed by atoms with Gasteiger partial charge in [-0.1, -0.05) is 6.92 Å². The number of benzene rings is 1. The van der Waals surface area contributed by atoms with Gasteiger partial charge in [-0.2, -0.15) is 0 Å². The molecule has 0 bridgehead atoms. The van der Waals surface area contributed by atoms with Crippen LogP contribution in [0, 0.1) is 11.3 Å². The fourth-order valence-electron chi connectivity index (χ4n) is 1.92. The van der Waals surface area contributed by atoms with Gasteiger partial charge in [0.2, 0.25) is 11.8 Å². The standard InChI is InChI=1S/C16H22N4O4/c1-2-10(16(23)24)9-19-13(21)7-8-14(22)20-12-5-3-11(4-6-12)15(17)18/h3-6,10H,2,7-9H2,1H3,(H3,17,18)(H,19,21)(H,20,22)(H,23,24). The van der Waals surface area contributed by atoms with Crippen LogP contribution in [0.3, 0.4) is 0 Å². The second-order valence-electron chi connectivity index (χ2n) is 5.29. The monoisotopic (exact) mass is 334 g/mol. The van der Waals surface area contributed by atoms with E-state index in [0.29, 0.717) is 17.7 Å². The van der Waals surface area contributed by atoms with Gasteiger partial charge in [-0.05, 0) is 30.7 Å². The third kappa shape index (κ3) is 6.47. The number of carbonyl (C=O) groups excluding carboxylic acids is 2. The highest BCUT2D eigenvalue weighted by Crippen LogP contribution is 2.10. The molecule has 6 N–H and O–H groups in total. The Kier molecular flexibility index (Phi) is 7.41. The van der Waals surface area contributed by atoms with Crippen molar-refractivity contribution in [1.29, 1.82) is 5.41 Å². The van der Waals surface area contributed by atoms with E-state index in [9.17, 15) is 14.4 Å². The molecule has 0 aliphatic rings. The Labute approximate surface area is 139 Å². The summed E-state index contributed by atoms with van der Waals surface area (Å²) >= 11 is 0. The van der Waals surface area contributed by atoms with Crippen molar-refractivity contribution in [2.24, 2.45) is 11.7 Å². The van der Waals surface area contributed by atoms with E-state index in [1.165, 1.54) is 0 Å². The molecule has 1 aromatic carbocycles. The van der Waals surface area contributed by atoms with Crippen molar-refractivity contribution in [2.75, 3.05) is 11.9 Å². The van der Waals surface area contributed by atoms with Crippen LogP contribution in [0.1, 0.15) is 31.7 Å². The van der Waals surface area contributed by atoms with Crippen LogP contribution in [-0.2, 0) is 14.4 Å². The summed E-state index contributed by atoms with van der Waals surface area (Å²) < 4.78 is 0. The van der Waals surface area contributed by atoms with E-state index < -0.39 is 11.9 Å². The zero-order valence-corrected chi connectivity index (χ0v) is 13.5. The minimum atomic E-state index is -0.954. The highest BCUT2D eigenvalue weighted by atomic mass is 16.4. The topological polar surface area (TPSA) is 145 Å². The number of rotatable bonds is 9. The number of aliphatic carboxylic acids is 1. The lowest BCUT2D eigenvalue weighted by Gasteiger charge is -2.11. The zero-order valence-electron chi connectivity index (χ0n) is 13.5. The Morgan fingerprint density at radius 3 is 2.25 bits per heavy atom. The van der Waals surface area contributed by atoms with E-state index in [1.807, 2.05) is 0 Å². The molecule has 1 aromatic rings. The first kappa shape index (κ1) is 19.1. The Hall–Kier alpha value is -2.90. The number of amides is 2. The molecule has 0 saturated heterocycles. The Morgan fingerprint density at radius 2 is 1.75 bits per heavy atom. The lowest BCUT2D eigenvalue weighted by atomic mass is 10.1. The van der Waals surface area contributed by atoms with Gasteiger partial charge in [0, 0.05) is 30.6 Å². The minimum Gasteiger partial charge on any atom is -0.481 e. The second-order valence-corrected chi connectivity index (χ2v) is 5.29. The van der Waals surface area contributed by atoms with Gasteiger partial charge in [-0.3, -0.25) is 19.8 Å². The lowest BCUT2D eigenvalue weighted by Crippen LogP contribution is -2.33. The molecule has 8 heteroatoms. The molecule has 130 valence electrons. The molecule has 8 nitrogen and oxygen atoms in total. The normalized spacial score (nSPS) is 11.4. The van der Waals surface area contributed by atoms with Crippen LogP contribution in [0.5, 0.6) is 0 Å². The highest BCUT2D eigenvalue weighted by Gasteiger charge is 2.16. The average Bonchev–Trinajstić information content (AvgIpc) is 2.53. The number of carboxylic acids is 1. The lowest BCUT2D eigenvalue weighted by molar-refractivity contribution is -0.141. The van der Waals surface area contributed by atoms with E-state index in [1.54, 1.807) is 31.2 Å². The molecule has 0 spiro atoms. The Bertz CT molecular complexity index is 613. The van der Waals surface area contributed by atoms with Crippen LogP contribution in [0.25, 0.3) is 0 Å². The predicted octanol–water partition coefficient (Wildman–Crippen LogP) is 0.916. The van der Waals surface area contributed by atoms with Crippen LogP contribution >= 0.6 is 0 Å². The van der Waals surface area contributed by atoms with Gasteiger partial charge >= 0.3 is 5.97 Å². The SMILES string of the molecule is CCC(CNC(=O)CCC(=O)Nc1ccc(C(=N)N)cc1)C(=O)O. The number of nitrogens with two attached hydrogens (primary N) is 1. The second kappa shape index (κ2) is 9.29. The molecular weight excluding hydrogens is 312 g/mol. The molecule has 0 heterocycles. The third-order valence-electron chi connectivity index (χ3n) is 3.45. The maximum atomic E-state index is 11.8. The number of nitrogens with one attached hydrogen (secondary N) is 3. The van der Waals surface area contributed by atoms with Gasteiger partial charge in [0.25, 0.3) is 0 Å². The largest absolute Gasteiger partial charge is 0.481 e. The molecule has 0 aromatic heterocycles. The number of amidine groups is 1. The van der Waals surface area contributed by atoms with Gasteiger partial charge in [-0.15, -0.1) is 0 Å². The summed E-state index contributed by atoms with van der Waals surface area (Å²) in [6, 6.07) is 6.46. The fourth-order valence-corrected chi connectivity index (χ4v) is 1.92. The van der Waals surface area contributed by atoms with Gasteiger partial charge in [0.05, 0.1) is 5.92 Å². The van der Waals surface area contributed by atoms with Crippen molar-refractivity contribution < 1.29 is 19.5 Å². The molecule has 0 aliphatic heterocycles. The first-order chi connectivity index (χ1) is 11.3. The van der Waals surface area contributed by atoms with Crippen LogP contribution in [0.15, 0.2) is 24.3 Å². The molecular formula is C16H22N4O4.